The van der Waals surface area contributed by atoms with Gasteiger partial charge in [0.15, 0.2) is 11.3 Å². The van der Waals surface area contributed by atoms with Gasteiger partial charge >= 0.3 is 0 Å². The second-order valence-corrected chi connectivity index (χ2v) is 6.07. The van der Waals surface area contributed by atoms with E-state index in [4.69, 9.17) is 25.3 Å². The maximum atomic E-state index is 4.89. The van der Waals surface area contributed by atoms with Crippen LogP contribution in [0.25, 0.3) is 22.3 Å². The fraction of sp³-hybridized carbons (Fsp3) is 0.286. The molecule has 0 aliphatic carbocycles. The molecule has 5 heterocycles. The van der Waals surface area contributed by atoms with Gasteiger partial charge in [-0.3, -0.25) is 9.97 Å². The van der Waals surface area contributed by atoms with Gasteiger partial charge in [-0.15, -0.1) is 0 Å². The van der Waals surface area contributed by atoms with Crippen molar-refractivity contribution in [1.82, 2.24) is 39.9 Å². The van der Waals surface area contributed by atoms with Gasteiger partial charge in [0.1, 0.15) is 38.8 Å². The first-order valence-corrected chi connectivity index (χ1v) is 8.83. The molecular formula is C14H18N10S2. The predicted molar refractivity (Wildman–Crippen MR) is 97.9 cm³/mol. The second kappa shape index (κ2) is 9.24. The number of nitrogens with zero attached hydrogens (tertiary/aromatic N) is 6. The van der Waals surface area contributed by atoms with Crippen LogP contribution in [0.4, 0.5) is 0 Å². The molecular weight excluding hydrogens is 372 g/mol. The third-order valence-corrected chi connectivity index (χ3v) is 4.15. The summed E-state index contributed by atoms with van der Waals surface area (Å²) in [6, 6.07) is 0. The van der Waals surface area contributed by atoms with Gasteiger partial charge in [-0.25, -0.2) is 19.9 Å². The van der Waals surface area contributed by atoms with Crippen LogP contribution in [-0.2, 0) is 25.3 Å². The van der Waals surface area contributed by atoms with Crippen molar-refractivity contribution >= 4 is 47.6 Å². The number of quaternary nitrogens is 2. The van der Waals surface area contributed by atoms with Crippen molar-refractivity contribution in [2.75, 3.05) is 26.2 Å². The molecule has 1 aliphatic heterocycles. The van der Waals surface area contributed by atoms with Crippen LogP contribution >= 0.6 is 0 Å². The third-order valence-electron chi connectivity index (χ3n) is 3.53. The van der Waals surface area contributed by atoms with Crippen molar-refractivity contribution in [3.63, 3.8) is 0 Å². The summed E-state index contributed by atoms with van der Waals surface area (Å²) in [4.78, 5) is 28.9. The molecule has 0 spiro atoms. The number of nitrogens with one attached hydrogen (secondary N) is 2. The van der Waals surface area contributed by atoms with E-state index in [0.29, 0.717) is 21.3 Å². The van der Waals surface area contributed by atoms with Gasteiger partial charge in [-0.05, 0) is 0 Å². The lowest BCUT2D eigenvalue weighted by atomic mass is 10.4. The average molecular weight is 391 g/mol. The molecule has 0 aromatic carbocycles. The molecule has 6 N–H and O–H groups in total. The molecule has 136 valence electrons. The highest BCUT2D eigenvalue weighted by atomic mass is 32.1. The molecule has 10 nitrogen and oxygen atoms in total. The summed E-state index contributed by atoms with van der Waals surface area (Å²) in [6.07, 6.45) is 5.92. The average Bonchev–Trinajstić information content (AvgIpc) is 3.35. The normalized spacial score (nSPS) is 13.5. The van der Waals surface area contributed by atoms with E-state index in [9.17, 15) is 0 Å². The first-order chi connectivity index (χ1) is 12.8. The quantitative estimate of drug-likeness (QED) is 0.193. The van der Waals surface area contributed by atoms with E-state index in [1.165, 1.54) is 38.8 Å². The number of nitrogens with two attached hydrogens (primary N) is 2. The number of aromatic nitrogens is 8. The molecule has 0 saturated carbocycles. The Balaban J connectivity index is 0.000000117. The highest BCUT2D eigenvalue weighted by Crippen LogP contribution is 2.07. The molecule has 0 unspecified atom stereocenters. The van der Waals surface area contributed by atoms with E-state index in [2.05, 4.69) is 50.5 Å². The number of hydrogen-bond acceptors (Lipinski definition) is 8. The van der Waals surface area contributed by atoms with Crippen LogP contribution < -0.4 is 10.6 Å². The summed E-state index contributed by atoms with van der Waals surface area (Å²) in [7, 11) is 0. The predicted octanol–water partition coefficient (Wildman–Crippen LogP) is -2.36. The minimum atomic E-state index is 0.516. The largest absolute Gasteiger partial charge is 0.758 e. The van der Waals surface area contributed by atoms with Gasteiger partial charge in [0.2, 0.25) is 0 Å². The fourth-order valence-corrected chi connectivity index (χ4v) is 2.64. The van der Waals surface area contributed by atoms with Gasteiger partial charge < -0.3 is 45.9 Å². The molecule has 26 heavy (non-hydrogen) atoms. The van der Waals surface area contributed by atoms with E-state index < -0.39 is 0 Å². The highest BCUT2D eigenvalue weighted by molar-refractivity contribution is 7.59. The minimum Gasteiger partial charge on any atom is -0.758 e. The standard InChI is InChI=1S/2C5H4N4S.C4H10N2/c2*10-5-3-4(7-1-6-3)8-2-9-5;1-2-6-4-3-5-1/h2*1-2H,(H2,6,7,8,9,10);5-6H,1-4H2. The number of imidazole rings is 2. The van der Waals surface area contributed by atoms with Gasteiger partial charge in [0.25, 0.3) is 0 Å². The van der Waals surface area contributed by atoms with Gasteiger partial charge in [-0.2, -0.15) is 0 Å². The molecule has 5 rings (SSSR count). The van der Waals surface area contributed by atoms with Gasteiger partial charge in [0.05, 0.1) is 23.7 Å². The van der Waals surface area contributed by atoms with Crippen LogP contribution in [0.2, 0.25) is 0 Å². The van der Waals surface area contributed by atoms with Crippen LogP contribution in [0.1, 0.15) is 0 Å². The number of rotatable bonds is 0. The van der Waals surface area contributed by atoms with Crippen LogP contribution in [0.3, 0.4) is 0 Å². The molecule has 4 aromatic heterocycles. The van der Waals surface area contributed by atoms with E-state index in [-0.39, 0.29) is 0 Å². The Kier molecular flexibility index (Phi) is 6.49. The highest BCUT2D eigenvalue weighted by Gasteiger charge is 1.99. The Hall–Kier alpha value is -2.54. The lowest BCUT2D eigenvalue weighted by Crippen LogP contribution is -3.04. The molecule has 1 aliphatic rings. The molecule has 0 atom stereocenters. The van der Waals surface area contributed by atoms with E-state index >= 15 is 0 Å². The Bertz CT molecular complexity index is 865. The lowest BCUT2D eigenvalue weighted by molar-refractivity contribution is -0.787. The minimum absolute atomic E-state index is 0.516. The monoisotopic (exact) mass is 390 g/mol. The lowest BCUT2D eigenvalue weighted by Gasteiger charge is -2.04. The van der Waals surface area contributed by atoms with Crippen molar-refractivity contribution in [1.29, 1.82) is 0 Å². The number of hydrogen-bond donors (Lipinski definition) is 4. The topological polar surface area (TPSA) is 142 Å². The van der Waals surface area contributed by atoms with Crippen molar-refractivity contribution in [2.45, 2.75) is 10.1 Å². The third kappa shape index (κ3) is 4.76. The van der Waals surface area contributed by atoms with Crippen molar-refractivity contribution in [3.05, 3.63) is 25.3 Å². The van der Waals surface area contributed by atoms with E-state index in [1.54, 1.807) is 12.7 Å². The summed E-state index contributed by atoms with van der Waals surface area (Å²) >= 11 is 9.77. The van der Waals surface area contributed by atoms with Crippen molar-refractivity contribution in [2.24, 2.45) is 0 Å². The SMILES string of the molecule is C1C[NH2+]CC[NH2+]1.[S-]c1ncnc2nc[nH]c12.[S-]c1ncnc2nc[nH]c12. The molecule has 1 saturated heterocycles. The number of aromatic amines is 2. The Morgan fingerprint density at radius 2 is 1.08 bits per heavy atom. The van der Waals surface area contributed by atoms with Crippen molar-refractivity contribution in [3.8, 4) is 0 Å². The number of fused-ring (bicyclic) bond motifs is 2. The molecule has 0 radical (unpaired) electrons. The molecule has 0 amide bonds. The second-order valence-electron chi connectivity index (χ2n) is 5.29. The Morgan fingerprint density at radius 1 is 0.654 bits per heavy atom. The molecule has 4 aromatic rings. The van der Waals surface area contributed by atoms with Crippen molar-refractivity contribution < 1.29 is 10.6 Å². The zero-order valence-electron chi connectivity index (χ0n) is 13.8. The summed E-state index contributed by atoms with van der Waals surface area (Å²) in [5.41, 5.74) is 2.72. The smallest absolute Gasteiger partial charge is 0.178 e. The Morgan fingerprint density at radius 3 is 1.42 bits per heavy atom. The van der Waals surface area contributed by atoms with Crippen LogP contribution in [-0.4, -0.2) is 66.1 Å². The van der Waals surface area contributed by atoms with Crippen LogP contribution in [0, 0.1) is 0 Å². The maximum absolute atomic E-state index is 4.89. The zero-order valence-corrected chi connectivity index (χ0v) is 15.4. The maximum Gasteiger partial charge on any atom is 0.178 e. The van der Waals surface area contributed by atoms with E-state index in [1.807, 2.05) is 0 Å². The summed E-state index contributed by atoms with van der Waals surface area (Å²) < 4.78 is 0. The molecule has 0 bridgehead atoms. The first-order valence-electron chi connectivity index (χ1n) is 8.01. The van der Waals surface area contributed by atoms with Gasteiger partial charge in [-0.1, -0.05) is 10.1 Å². The fourth-order valence-electron chi connectivity index (χ4n) is 2.25. The summed E-state index contributed by atoms with van der Waals surface area (Å²) in [6.45, 7) is 5.28. The zero-order chi connectivity index (χ0) is 18.2. The Labute approximate surface area is 159 Å². The van der Waals surface area contributed by atoms with Crippen LogP contribution in [0.15, 0.2) is 35.4 Å². The first kappa shape index (κ1) is 18.3. The van der Waals surface area contributed by atoms with Gasteiger partial charge in [0, 0.05) is 0 Å². The summed E-state index contributed by atoms with van der Waals surface area (Å²) in [5.74, 6) is 0. The molecule has 1 fully saturated rings. The number of piperazine rings is 1. The number of H-pyrrole nitrogens is 2. The summed E-state index contributed by atoms with van der Waals surface area (Å²) in [5, 5.41) is 5.75. The van der Waals surface area contributed by atoms with Crippen LogP contribution in [0.5, 0.6) is 0 Å². The van der Waals surface area contributed by atoms with E-state index in [0.717, 1.165) is 11.0 Å². The molecule has 12 heteroatoms.